The van der Waals surface area contributed by atoms with Gasteiger partial charge in [-0.3, -0.25) is 14.4 Å². The van der Waals surface area contributed by atoms with Crippen LogP contribution in [0.4, 0.5) is 0 Å². The minimum Gasteiger partial charge on any atom is -0.389 e. The van der Waals surface area contributed by atoms with Gasteiger partial charge in [0, 0.05) is 24.9 Å². The molecule has 0 saturated heterocycles. The molecule has 0 aliphatic rings. The number of amides is 1. The summed E-state index contributed by atoms with van der Waals surface area (Å²) in [5.74, 6) is -0.522. The highest BCUT2D eigenvalue weighted by Gasteiger charge is 2.11. The number of nitrogens with zero attached hydrogens (tertiary/aromatic N) is 2. The molecule has 3 N–H and O–H groups in total. The Balaban J connectivity index is 1.89. The summed E-state index contributed by atoms with van der Waals surface area (Å²) in [7, 11) is 0. The second kappa shape index (κ2) is 6.62. The van der Waals surface area contributed by atoms with Crippen LogP contribution in [0.1, 0.15) is 10.5 Å². The molecule has 0 unspecified atom stereocenters. The van der Waals surface area contributed by atoms with E-state index >= 15 is 0 Å². The largest absolute Gasteiger partial charge is 0.389 e. The molecule has 0 fully saturated rings. The van der Waals surface area contributed by atoms with E-state index in [1.807, 2.05) is 0 Å². The first-order chi connectivity index (χ1) is 10.1. The molecule has 2 heterocycles. The van der Waals surface area contributed by atoms with Crippen LogP contribution in [0.15, 0.2) is 46.1 Å². The van der Waals surface area contributed by atoms with E-state index in [-0.39, 0.29) is 24.3 Å². The normalized spacial score (nSPS) is 11.9. The molecular formula is C13H14N4O4. The first-order valence-electron chi connectivity index (χ1n) is 6.24. The summed E-state index contributed by atoms with van der Waals surface area (Å²) in [6.07, 6.45) is 0.633. The number of pyridine rings is 1. The van der Waals surface area contributed by atoms with E-state index in [2.05, 4.69) is 15.5 Å². The van der Waals surface area contributed by atoms with Gasteiger partial charge in [-0.05, 0) is 12.1 Å². The molecule has 2 aromatic heterocycles. The first-order valence-corrected chi connectivity index (χ1v) is 6.24. The molecular weight excluding hydrogens is 276 g/mol. The Kier molecular flexibility index (Phi) is 4.62. The van der Waals surface area contributed by atoms with Gasteiger partial charge in [0.2, 0.25) is 0 Å². The molecule has 1 atom stereocenters. The number of nitrogens with one attached hydrogen (secondary N) is 2. The average molecular weight is 290 g/mol. The van der Waals surface area contributed by atoms with Gasteiger partial charge in [-0.1, -0.05) is 6.07 Å². The molecule has 2 rings (SSSR count). The van der Waals surface area contributed by atoms with Gasteiger partial charge in [0.15, 0.2) is 0 Å². The van der Waals surface area contributed by atoms with Crippen LogP contribution in [0.5, 0.6) is 0 Å². The zero-order valence-corrected chi connectivity index (χ0v) is 11.0. The number of hydrogen-bond donors (Lipinski definition) is 3. The van der Waals surface area contributed by atoms with Crippen molar-refractivity contribution >= 4 is 5.91 Å². The molecule has 0 saturated carbocycles. The molecule has 110 valence electrons. The van der Waals surface area contributed by atoms with Gasteiger partial charge in [0.05, 0.1) is 12.6 Å². The van der Waals surface area contributed by atoms with Crippen molar-refractivity contribution in [3.63, 3.8) is 0 Å². The van der Waals surface area contributed by atoms with Gasteiger partial charge in [-0.15, -0.1) is 0 Å². The highest BCUT2D eigenvalue weighted by molar-refractivity contribution is 5.91. The number of aliphatic hydroxyl groups is 1. The molecule has 2 aromatic rings. The number of aromatic amines is 1. The second-order valence-corrected chi connectivity index (χ2v) is 4.36. The fourth-order valence-corrected chi connectivity index (χ4v) is 1.68. The number of aromatic nitrogens is 3. The minimum atomic E-state index is -0.920. The van der Waals surface area contributed by atoms with Crippen LogP contribution in [0.2, 0.25) is 0 Å². The van der Waals surface area contributed by atoms with Crippen LogP contribution in [0.25, 0.3) is 0 Å². The quantitative estimate of drug-likeness (QED) is 0.634. The smallest absolute Gasteiger partial charge is 0.271 e. The van der Waals surface area contributed by atoms with Gasteiger partial charge in [-0.2, -0.15) is 5.10 Å². The predicted molar refractivity (Wildman–Crippen MR) is 73.9 cm³/mol. The highest BCUT2D eigenvalue weighted by atomic mass is 16.3. The maximum Gasteiger partial charge on any atom is 0.271 e. The Morgan fingerprint density at radius 2 is 2.14 bits per heavy atom. The lowest BCUT2D eigenvalue weighted by Gasteiger charge is -2.13. The number of hydrogen-bond acceptors (Lipinski definition) is 5. The van der Waals surface area contributed by atoms with Crippen molar-refractivity contribution in [3.8, 4) is 0 Å². The molecule has 0 radical (unpaired) electrons. The average Bonchev–Trinajstić information content (AvgIpc) is 2.48. The summed E-state index contributed by atoms with van der Waals surface area (Å²) in [4.78, 5) is 34.0. The number of carbonyl (C=O) groups is 1. The molecule has 0 aliphatic heterocycles. The zero-order valence-electron chi connectivity index (χ0n) is 11.0. The van der Waals surface area contributed by atoms with Gasteiger partial charge >= 0.3 is 0 Å². The third kappa shape index (κ3) is 4.11. The van der Waals surface area contributed by atoms with Crippen molar-refractivity contribution in [1.82, 2.24) is 20.1 Å². The predicted octanol–water partition coefficient (Wildman–Crippen LogP) is -1.28. The van der Waals surface area contributed by atoms with Gasteiger partial charge in [0.25, 0.3) is 17.0 Å². The topological polar surface area (TPSA) is 117 Å². The van der Waals surface area contributed by atoms with E-state index < -0.39 is 17.6 Å². The monoisotopic (exact) mass is 290 g/mol. The zero-order chi connectivity index (χ0) is 15.2. The van der Waals surface area contributed by atoms with E-state index in [0.29, 0.717) is 0 Å². The SMILES string of the molecule is O=C(NC[C@@H](O)Cn1ccccc1=O)c1ccc(=O)[nH]n1. The number of aliphatic hydroxyl groups excluding tert-OH is 1. The lowest BCUT2D eigenvalue weighted by molar-refractivity contribution is 0.0897. The molecule has 21 heavy (non-hydrogen) atoms. The lowest BCUT2D eigenvalue weighted by Crippen LogP contribution is -2.36. The number of carbonyl (C=O) groups excluding carboxylic acids is 1. The Bertz CT molecular complexity index is 717. The van der Waals surface area contributed by atoms with Crippen LogP contribution >= 0.6 is 0 Å². The summed E-state index contributed by atoms with van der Waals surface area (Å²) in [6, 6.07) is 7.13. The van der Waals surface area contributed by atoms with Crippen molar-refractivity contribution in [3.05, 3.63) is 62.9 Å². The van der Waals surface area contributed by atoms with Crippen molar-refractivity contribution in [1.29, 1.82) is 0 Å². The summed E-state index contributed by atoms with van der Waals surface area (Å²) < 4.78 is 1.34. The lowest BCUT2D eigenvalue weighted by atomic mass is 10.3. The van der Waals surface area contributed by atoms with Crippen LogP contribution < -0.4 is 16.4 Å². The fraction of sp³-hybridized carbons (Fsp3) is 0.231. The van der Waals surface area contributed by atoms with Gasteiger partial charge in [0.1, 0.15) is 5.69 Å². The van der Waals surface area contributed by atoms with Crippen LogP contribution in [0.3, 0.4) is 0 Å². The molecule has 1 amide bonds. The van der Waals surface area contributed by atoms with E-state index in [1.165, 1.54) is 22.8 Å². The van der Waals surface area contributed by atoms with E-state index in [4.69, 9.17) is 0 Å². The second-order valence-electron chi connectivity index (χ2n) is 4.36. The number of rotatable bonds is 5. The van der Waals surface area contributed by atoms with E-state index in [1.54, 1.807) is 18.3 Å². The Labute approximate surface area is 119 Å². The third-order valence-electron chi connectivity index (χ3n) is 2.72. The van der Waals surface area contributed by atoms with Crippen LogP contribution in [-0.2, 0) is 6.54 Å². The highest BCUT2D eigenvalue weighted by Crippen LogP contribution is 1.92. The maximum atomic E-state index is 11.7. The van der Waals surface area contributed by atoms with Gasteiger partial charge in [-0.25, -0.2) is 5.10 Å². The van der Waals surface area contributed by atoms with Crippen molar-refractivity contribution in [2.24, 2.45) is 0 Å². The molecule has 8 heteroatoms. The Morgan fingerprint density at radius 3 is 2.81 bits per heavy atom. The van der Waals surface area contributed by atoms with Crippen molar-refractivity contribution in [2.75, 3.05) is 6.54 Å². The number of H-pyrrole nitrogens is 1. The fourth-order valence-electron chi connectivity index (χ4n) is 1.68. The summed E-state index contributed by atoms with van der Waals surface area (Å²) >= 11 is 0. The van der Waals surface area contributed by atoms with E-state index in [9.17, 15) is 19.5 Å². The minimum absolute atomic E-state index is 0.0404. The summed E-state index contributed by atoms with van der Waals surface area (Å²) in [5.41, 5.74) is -0.598. The van der Waals surface area contributed by atoms with Crippen LogP contribution in [-0.4, -0.2) is 38.4 Å². The molecule has 0 bridgehead atoms. The standard InChI is InChI=1S/C13H14N4O4/c18-9(8-17-6-2-1-3-12(17)20)7-14-13(21)10-4-5-11(19)16-15-10/h1-6,9,18H,7-8H2,(H,14,21)(H,16,19)/t9-/m1/s1. The molecule has 8 nitrogen and oxygen atoms in total. The van der Waals surface area contributed by atoms with Crippen molar-refractivity contribution < 1.29 is 9.90 Å². The Morgan fingerprint density at radius 1 is 1.33 bits per heavy atom. The molecule has 0 aromatic carbocycles. The summed E-state index contributed by atoms with van der Waals surface area (Å²) in [5, 5.41) is 18.0. The maximum absolute atomic E-state index is 11.7. The van der Waals surface area contributed by atoms with Crippen molar-refractivity contribution in [2.45, 2.75) is 12.6 Å². The molecule has 0 spiro atoms. The summed E-state index contributed by atoms with van der Waals surface area (Å²) in [6.45, 7) is 0.0278. The third-order valence-corrected chi connectivity index (χ3v) is 2.72. The Hall–Kier alpha value is -2.74. The van der Waals surface area contributed by atoms with Gasteiger partial charge < -0.3 is 15.0 Å². The van der Waals surface area contributed by atoms with Crippen LogP contribution in [0, 0.1) is 0 Å². The first kappa shape index (κ1) is 14.7. The molecule has 0 aliphatic carbocycles. The van der Waals surface area contributed by atoms with E-state index in [0.717, 1.165) is 0 Å².